The van der Waals surface area contributed by atoms with E-state index < -0.39 is 0 Å². The van der Waals surface area contributed by atoms with Crippen LogP contribution in [0.3, 0.4) is 0 Å². The number of hydrogen-bond donors (Lipinski definition) is 2. The fraction of sp³-hybridized carbons (Fsp3) is 0.429. The Labute approximate surface area is 164 Å². The Hall–Kier alpha value is -2.64. The summed E-state index contributed by atoms with van der Waals surface area (Å²) in [7, 11) is 3.67. The van der Waals surface area contributed by atoms with Gasteiger partial charge in [-0.15, -0.1) is 0 Å². The van der Waals surface area contributed by atoms with Gasteiger partial charge in [0.2, 0.25) is 5.91 Å². The molecular weight excluding hydrogens is 358 g/mol. The number of nitrogens with one attached hydrogen (secondary N) is 1. The van der Waals surface area contributed by atoms with Crippen molar-refractivity contribution in [3.8, 4) is 5.75 Å². The molecule has 2 N–H and O–H groups in total. The van der Waals surface area contributed by atoms with Gasteiger partial charge in [0.05, 0.1) is 12.6 Å². The Morgan fingerprint density at radius 1 is 1.32 bits per heavy atom. The van der Waals surface area contributed by atoms with E-state index in [-0.39, 0.29) is 23.6 Å². The Bertz CT molecular complexity index is 855. The lowest BCUT2D eigenvalue weighted by Gasteiger charge is -2.22. The van der Waals surface area contributed by atoms with Crippen molar-refractivity contribution in [2.75, 3.05) is 46.9 Å². The van der Waals surface area contributed by atoms with E-state index in [1.54, 1.807) is 42.3 Å². The van der Waals surface area contributed by atoms with Crippen LogP contribution in [-0.2, 0) is 9.53 Å². The second-order valence-electron chi connectivity index (χ2n) is 7.22. The van der Waals surface area contributed by atoms with Crippen molar-refractivity contribution in [2.24, 2.45) is 0 Å². The van der Waals surface area contributed by atoms with Crippen molar-refractivity contribution < 1.29 is 19.4 Å². The quantitative estimate of drug-likeness (QED) is 0.719. The summed E-state index contributed by atoms with van der Waals surface area (Å²) in [5.41, 5.74) is 0.544. The summed E-state index contributed by atoms with van der Waals surface area (Å²) in [6.07, 6.45) is 0.319. The van der Waals surface area contributed by atoms with Crippen LogP contribution in [-0.4, -0.2) is 79.7 Å². The number of nitrogens with zero attached hydrogens (tertiary/aromatic N) is 2. The van der Waals surface area contributed by atoms with Crippen molar-refractivity contribution in [1.29, 1.82) is 0 Å². The van der Waals surface area contributed by atoms with E-state index in [1.807, 2.05) is 13.1 Å². The maximum Gasteiger partial charge on any atom is 0.252 e. The summed E-state index contributed by atoms with van der Waals surface area (Å²) in [6, 6.07) is 10.1. The first-order valence-corrected chi connectivity index (χ1v) is 9.46. The maximum absolute atomic E-state index is 12.8. The second-order valence-corrected chi connectivity index (χ2v) is 7.22. The van der Waals surface area contributed by atoms with Gasteiger partial charge in [-0.3, -0.25) is 9.59 Å². The Balaban J connectivity index is 1.59. The lowest BCUT2D eigenvalue weighted by atomic mass is 10.0. The first-order chi connectivity index (χ1) is 13.5. The summed E-state index contributed by atoms with van der Waals surface area (Å²) in [6.45, 7) is 3.40. The van der Waals surface area contributed by atoms with Crippen LogP contribution in [0.2, 0.25) is 0 Å². The highest BCUT2D eigenvalue weighted by Gasteiger charge is 2.30. The van der Waals surface area contributed by atoms with E-state index >= 15 is 0 Å². The summed E-state index contributed by atoms with van der Waals surface area (Å²) >= 11 is 0. The SMILES string of the molecule is COCCN(C)CCN1CC(NC(=O)c2cccc3cc(O)ccc23)CC1=O. The first kappa shape index (κ1) is 20.1. The van der Waals surface area contributed by atoms with Crippen LogP contribution >= 0.6 is 0 Å². The van der Waals surface area contributed by atoms with Gasteiger partial charge in [0.1, 0.15) is 5.75 Å². The zero-order valence-corrected chi connectivity index (χ0v) is 16.4. The lowest BCUT2D eigenvalue weighted by Crippen LogP contribution is -2.39. The zero-order valence-electron chi connectivity index (χ0n) is 16.4. The Morgan fingerprint density at radius 3 is 2.93 bits per heavy atom. The largest absolute Gasteiger partial charge is 0.508 e. The van der Waals surface area contributed by atoms with Crippen molar-refractivity contribution in [1.82, 2.24) is 15.1 Å². The number of ether oxygens (including phenoxy) is 1. The summed E-state index contributed by atoms with van der Waals surface area (Å²) in [4.78, 5) is 29.0. The zero-order chi connectivity index (χ0) is 20.1. The molecule has 1 unspecified atom stereocenters. The van der Waals surface area contributed by atoms with Gasteiger partial charge in [0, 0.05) is 45.3 Å². The van der Waals surface area contributed by atoms with Crippen molar-refractivity contribution in [3.05, 3.63) is 42.0 Å². The maximum atomic E-state index is 12.8. The second kappa shape index (κ2) is 9.03. The summed E-state index contributed by atoms with van der Waals surface area (Å²) in [5.74, 6) is 0.0268. The van der Waals surface area contributed by atoms with Gasteiger partial charge in [-0.2, -0.15) is 0 Å². The molecule has 3 rings (SSSR count). The van der Waals surface area contributed by atoms with Gasteiger partial charge < -0.3 is 25.0 Å². The predicted molar refractivity (Wildman–Crippen MR) is 107 cm³/mol. The fourth-order valence-electron chi connectivity index (χ4n) is 3.47. The minimum absolute atomic E-state index is 0.0632. The third-order valence-electron chi connectivity index (χ3n) is 5.09. The van der Waals surface area contributed by atoms with Crippen molar-refractivity contribution >= 4 is 22.6 Å². The Kier molecular flexibility index (Phi) is 6.49. The lowest BCUT2D eigenvalue weighted by molar-refractivity contribution is -0.127. The number of hydrogen-bond acceptors (Lipinski definition) is 5. The molecule has 1 saturated heterocycles. The number of methoxy groups -OCH3 is 1. The summed E-state index contributed by atoms with van der Waals surface area (Å²) in [5, 5.41) is 14.2. The van der Waals surface area contributed by atoms with Crippen LogP contribution in [0.5, 0.6) is 5.75 Å². The standard InChI is InChI=1S/C21H27N3O4/c1-23(10-11-28-2)8-9-24-14-16(13-20(24)26)22-21(27)19-5-3-4-15-12-17(25)6-7-18(15)19/h3-7,12,16,25H,8-11,13-14H2,1-2H3,(H,22,27). The molecule has 0 saturated carbocycles. The van der Waals surface area contributed by atoms with Gasteiger partial charge in [-0.1, -0.05) is 12.1 Å². The summed E-state index contributed by atoms with van der Waals surface area (Å²) < 4.78 is 5.06. The topological polar surface area (TPSA) is 82.1 Å². The van der Waals surface area contributed by atoms with E-state index in [1.165, 1.54) is 0 Å². The number of fused-ring (bicyclic) bond motifs is 1. The number of likely N-dealkylation sites (tertiary alicyclic amines) is 1. The number of phenolic OH excluding ortho intramolecular Hbond substituents is 1. The van der Waals surface area contributed by atoms with Crippen LogP contribution in [0.15, 0.2) is 36.4 Å². The van der Waals surface area contributed by atoms with E-state index in [0.717, 1.165) is 23.9 Å². The van der Waals surface area contributed by atoms with E-state index in [2.05, 4.69) is 10.2 Å². The number of benzene rings is 2. The van der Waals surface area contributed by atoms with Crippen LogP contribution in [0, 0.1) is 0 Å². The fourth-order valence-corrected chi connectivity index (χ4v) is 3.47. The van der Waals surface area contributed by atoms with Gasteiger partial charge in [0.15, 0.2) is 0 Å². The number of carbonyl (C=O) groups is 2. The Morgan fingerprint density at radius 2 is 2.14 bits per heavy atom. The number of aromatic hydroxyl groups is 1. The average molecular weight is 385 g/mol. The molecule has 0 bridgehead atoms. The molecule has 1 atom stereocenters. The average Bonchev–Trinajstić information content (AvgIpc) is 3.02. The molecule has 2 aromatic rings. The minimum atomic E-state index is -0.201. The smallest absolute Gasteiger partial charge is 0.252 e. The molecule has 2 aromatic carbocycles. The highest BCUT2D eigenvalue weighted by atomic mass is 16.5. The number of likely N-dealkylation sites (N-methyl/N-ethyl adjacent to an activating group) is 1. The van der Waals surface area contributed by atoms with E-state index in [4.69, 9.17) is 4.74 Å². The monoisotopic (exact) mass is 385 g/mol. The molecule has 0 aromatic heterocycles. The van der Waals surface area contributed by atoms with Gasteiger partial charge in [-0.05, 0) is 42.1 Å². The number of phenols is 1. The number of rotatable bonds is 8. The highest BCUT2D eigenvalue weighted by Crippen LogP contribution is 2.23. The molecule has 1 heterocycles. The molecule has 7 nitrogen and oxygen atoms in total. The predicted octanol–water partition coefficient (Wildman–Crippen LogP) is 1.45. The molecule has 1 fully saturated rings. The third kappa shape index (κ3) is 4.79. The van der Waals surface area contributed by atoms with Gasteiger partial charge >= 0.3 is 0 Å². The third-order valence-corrected chi connectivity index (χ3v) is 5.09. The molecular formula is C21H27N3O4. The van der Waals surface area contributed by atoms with Gasteiger partial charge in [-0.25, -0.2) is 0 Å². The molecule has 7 heteroatoms. The first-order valence-electron chi connectivity index (χ1n) is 9.46. The number of amides is 2. The van der Waals surface area contributed by atoms with E-state index in [9.17, 15) is 14.7 Å². The van der Waals surface area contributed by atoms with E-state index in [0.29, 0.717) is 31.7 Å². The van der Waals surface area contributed by atoms with Crippen LogP contribution < -0.4 is 5.32 Å². The van der Waals surface area contributed by atoms with Crippen LogP contribution in [0.1, 0.15) is 16.8 Å². The highest BCUT2D eigenvalue weighted by molar-refractivity contribution is 6.07. The molecule has 2 amide bonds. The number of carbonyl (C=O) groups excluding carboxylic acids is 2. The van der Waals surface area contributed by atoms with Crippen molar-refractivity contribution in [2.45, 2.75) is 12.5 Å². The molecule has 150 valence electrons. The van der Waals surface area contributed by atoms with Crippen LogP contribution in [0.4, 0.5) is 0 Å². The normalized spacial score (nSPS) is 16.9. The van der Waals surface area contributed by atoms with Crippen LogP contribution in [0.25, 0.3) is 10.8 Å². The van der Waals surface area contributed by atoms with Crippen molar-refractivity contribution in [3.63, 3.8) is 0 Å². The molecule has 1 aliphatic rings. The molecule has 0 aliphatic carbocycles. The van der Waals surface area contributed by atoms with Gasteiger partial charge in [0.25, 0.3) is 5.91 Å². The molecule has 0 spiro atoms. The molecule has 1 aliphatic heterocycles. The molecule has 0 radical (unpaired) electrons. The molecule has 28 heavy (non-hydrogen) atoms. The minimum Gasteiger partial charge on any atom is -0.508 e.